The lowest BCUT2D eigenvalue weighted by Crippen LogP contribution is -2.34. The van der Waals surface area contributed by atoms with Gasteiger partial charge in [-0.1, -0.05) is 6.92 Å². The lowest BCUT2D eigenvalue weighted by atomic mass is 10.2. The number of rotatable bonds is 5. The Hall–Kier alpha value is -1.62. The first kappa shape index (κ1) is 14.8. The molecule has 1 fully saturated rings. The molecule has 1 amide bonds. The Labute approximate surface area is 121 Å². The maximum Gasteiger partial charge on any atom is 0.257 e. The number of hydrogen-bond donors (Lipinski definition) is 1. The van der Waals surface area contributed by atoms with Crippen LogP contribution in [0.1, 0.15) is 30.1 Å². The summed E-state index contributed by atoms with van der Waals surface area (Å²) in [5.41, 5.74) is 1.57. The number of aromatic nitrogens is 1. The van der Waals surface area contributed by atoms with Crippen molar-refractivity contribution in [1.29, 1.82) is 0 Å². The molecule has 0 spiro atoms. The van der Waals surface area contributed by atoms with Gasteiger partial charge in [0.15, 0.2) is 0 Å². The van der Waals surface area contributed by atoms with Gasteiger partial charge in [-0.15, -0.1) is 0 Å². The van der Waals surface area contributed by atoms with E-state index < -0.39 is 0 Å². The van der Waals surface area contributed by atoms with Crippen LogP contribution in [0.3, 0.4) is 0 Å². The fourth-order valence-electron chi connectivity index (χ4n) is 2.50. The van der Waals surface area contributed by atoms with Crippen LogP contribution in [0.2, 0.25) is 0 Å². The van der Waals surface area contributed by atoms with Crippen molar-refractivity contribution < 1.29 is 4.79 Å². The number of anilines is 1. The van der Waals surface area contributed by atoms with E-state index in [2.05, 4.69) is 36.2 Å². The summed E-state index contributed by atoms with van der Waals surface area (Å²) in [5, 5.41) is 3.30. The Morgan fingerprint density at radius 3 is 3.00 bits per heavy atom. The van der Waals surface area contributed by atoms with E-state index in [4.69, 9.17) is 0 Å². The van der Waals surface area contributed by atoms with Crippen LogP contribution in [0.5, 0.6) is 0 Å². The molecule has 0 radical (unpaired) electrons. The van der Waals surface area contributed by atoms with E-state index in [0.29, 0.717) is 11.6 Å². The highest BCUT2D eigenvalue weighted by molar-refractivity contribution is 5.99. The molecule has 1 aromatic heterocycles. The Bertz CT molecular complexity index is 461. The molecule has 5 nitrogen and oxygen atoms in total. The second kappa shape index (κ2) is 6.70. The van der Waals surface area contributed by atoms with E-state index in [-0.39, 0.29) is 5.91 Å². The number of pyridine rings is 1. The largest absolute Gasteiger partial charge is 0.384 e. The van der Waals surface area contributed by atoms with Crippen molar-refractivity contribution in [3.8, 4) is 0 Å². The van der Waals surface area contributed by atoms with Gasteiger partial charge in [-0.3, -0.25) is 9.78 Å². The van der Waals surface area contributed by atoms with E-state index >= 15 is 0 Å². The van der Waals surface area contributed by atoms with Gasteiger partial charge in [0.2, 0.25) is 0 Å². The minimum Gasteiger partial charge on any atom is -0.384 e. The number of likely N-dealkylation sites (N-methyl/N-ethyl adjacent to an activating group) is 1. The zero-order valence-corrected chi connectivity index (χ0v) is 12.6. The zero-order chi connectivity index (χ0) is 14.5. The summed E-state index contributed by atoms with van der Waals surface area (Å²) < 4.78 is 0. The third-order valence-electron chi connectivity index (χ3n) is 3.80. The molecule has 0 aliphatic carbocycles. The molecule has 0 aromatic carbocycles. The van der Waals surface area contributed by atoms with Crippen molar-refractivity contribution in [2.45, 2.75) is 25.8 Å². The molecule has 1 N–H and O–H groups in total. The average Bonchev–Trinajstić information content (AvgIpc) is 2.94. The molecule has 2 rings (SSSR count). The van der Waals surface area contributed by atoms with E-state index in [1.807, 2.05) is 11.0 Å². The number of nitrogens with zero attached hydrogens (tertiary/aromatic N) is 3. The van der Waals surface area contributed by atoms with Gasteiger partial charge in [0.1, 0.15) is 0 Å². The molecule has 1 unspecified atom stereocenters. The third kappa shape index (κ3) is 3.28. The van der Waals surface area contributed by atoms with E-state index in [0.717, 1.165) is 38.2 Å². The predicted molar refractivity (Wildman–Crippen MR) is 81.0 cm³/mol. The van der Waals surface area contributed by atoms with Crippen molar-refractivity contribution in [2.24, 2.45) is 0 Å². The summed E-state index contributed by atoms with van der Waals surface area (Å²) in [6.45, 7) is 4.60. The number of carbonyl (C=O) groups is 1. The molecule has 5 heteroatoms. The van der Waals surface area contributed by atoms with Gasteiger partial charge in [-0.25, -0.2) is 0 Å². The maximum absolute atomic E-state index is 12.6. The first-order valence-corrected chi connectivity index (χ1v) is 7.27. The normalized spacial score (nSPS) is 18.6. The van der Waals surface area contributed by atoms with Gasteiger partial charge in [-0.05, 0) is 33.0 Å². The highest BCUT2D eigenvalue weighted by Gasteiger charge is 2.29. The number of amides is 1. The summed E-state index contributed by atoms with van der Waals surface area (Å²) in [4.78, 5) is 20.8. The van der Waals surface area contributed by atoms with Crippen LogP contribution < -0.4 is 5.32 Å². The third-order valence-corrected chi connectivity index (χ3v) is 3.80. The molecule has 0 saturated carbocycles. The Morgan fingerprint density at radius 1 is 1.55 bits per heavy atom. The Morgan fingerprint density at radius 2 is 2.35 bits per heavy atom. The topological polar surface area (TPSA) is 48.5 Å². The van der Waals surface area contributed by atoms with Crippen molar-refractivity contribution in [3.63, 3.8) is 0 Å². The molecule has 110 valence electrons. The standard InChI is InChI=1S/C15H24N4O/c1-4-7-17-14-5-8-16-10-13(14)15(20)19-9-6-12(11-19)18(2)3/h5,8,10,12H,4,6-7,9,11H2,1-3H3,(H,16,17). The number of nitrogens with one attached hydrogen (secondary N) is 1. The lowest BCUT2D eigenvalue weighted by Gasteiger charge is -2.21. The average molecular weight is 276 g/mol. The molecule has 1 saturated heterocycles. The number of hydrogen-bond acceptors (Lipinski definition) is 4. The number of carbonyl (C=O) groups excluding carboxylic acids is 1. The highest BCUT2D eigenvalue weighted by atomic mass is 16.2. The molecule has 0 bridgehead atoms. The first-order valence-electron chi connectivity index (χ1n) is 7.27. The van der Waals surface area contributed by atoms with Gasteiger partial charge in [0.25, 0.3) is 5.91 Å². The molecule has 1 aliphatic heterocycles. The van der Waals surface area contributed by atoms with E-state index in [1.54, 1.807) is 12.4 Å². The fraction of sp³-hybridized carbons (Fsp3) is 0.600. The second-order valence-corrected chi connectivity index (χ2v) is 5.51. The minimum atomic E-state index is 0.0843. The van der Waals surface area contributed by atoms with Crippen LogP contribution in [0, 0.1) is 0 Å². The Balaban J connectivity index is 2.09. The molecular weight excluding hydrogens is 252 g/mol. The monoisotopic (exact) mass is 276 g/mol. The van der Waals surface area contributed by atoms with Gasteiger partial charge < -0.3 is 15.1 Å². The van der Waals surface area contributed by atoms with E-state index in [9.17, 15) is 4.79 Å². The highest BCUT2D eigenvalue weighted by Crippen LogP contribution is 2.20. The van der Waals surface area contributed by atoms with Crippen molar-refractivity contribution in [3.05, 3.63) is 24.0 Å². The van der Waals surface area contributed by atoms with Gasteiger partial charge in [-0.2, -0.15) is 0 Å². The molecule has 1 aliphatic rings. The van der Waals surface area contributed by atoms with Crippen molar-refractivity contribution in [1.82, 2.24) is 14.8 Å². The van der Waals surface area contributed by atoms with Crippen LogP contribution in [0.4, 0.5) is 5.69 Å². The SMILES string of the molecule is CCCNc1ccncc1C(=O)N1CCC(N(C)C)C1. The predicted octanol–water partition coefficient (Wildman–Crippen LogP) is 1.68. The van der Waals surface area contributed by atoms with Crippen LogP contribution in [0.25, 0.3) is 0 Å². The van der Waals surface area contributed by atoms with Crippen LogP contribution in [-0.2, 0) is 0 Å². The maximum atomic E-state index is 12.6. The van der Waals surface area contributed by atoms with Crippen LogP contribution in [-0.4, -0.2) is 60.5 Å². The summed E-state index contributed by atoms with van der Waals surface area (Å²) >= 11 is 0. The quantitative estimate of drug-likeness (QED) is 0.889. The zero-order valence-electron chi connectivity index (χ0n) is 12.6. The van der Waals surface area contributed by atoms with Crippen molar-refractivity contribution >= 4 is 11.6 Å². The lowest BCUT2D eigenvalue weighted by molar-refractivity contribution is 0.0783. The van der Waals surface area contributed by atoms with Crippen LogP contribution in [0.15, 0.2) is 18.5 Å². The molecule has 1 aromatic rings. The molecule has 2 heterocycles. The fourth-order valence-corrected chi connectivity index (χ4v) is 2.50. The van der Waals surface area contributed by atoms with Crippen molar-refractivity contribution in [2.75, 3.05) is 39.0 Å². The molecule has 20 heavy (non-hydrogen) atoms. The first-order chi connectivity index (χ1) is 9.63. The summed E-state index contributed by atoms with van der Waals surface area (Å²) in [7, 11) is 4.13. The molecular formula is C15H24N4O. The summed E-state index contributed by atoms with van der Waals surface area (Å²) in [6, 6.07) is 2.34. The smallest absolute Gasteiger partial charge is 0.257 e. The summed E-state index contributed by atoms with van der Waals surface area (Å²) in [6.07, 6.45) is 5.46. The van der Waals surface area contributed by atoms with Crippen LogP contribution >= 0.6 is 0 Å². The Kier molecular flexibility index (Phi) is 4.95. The number of likely N-dealkylation sites (tertiary alicyclic amines) is 1. The molecule has 1 atom stereocenters. The summed E-state index contributed by atoms with van der Waals surface area (Å²) in [5.74, 6) is 0.0843. The minimum absolute atomic E-state index is 0.0843. The van der Waals surface area contributed by atoms with E-state index in [1.165, 1.54) is 0 Å². The van der Waals surface area contributed by atoms with Gasteiger partial charge >= 0.3 is 0 Å². The van der Waals surface area contributed by atoms with Gasteiger partial charge in [0.05, 0.1) is 11.3 Å². The second-order valence-electron chi connectivity index (χ2n) is 5.51. The van der Waals surface area contributed by atoms with Gasteiger partial charge in [0, 0.05) is 38.1 Å².